The number of carbonyl (C=O) groups is 1. The topological polar surface area (TPSA) is 101 Å². The maximum atomic E-state index is 15.1. The van der Waals surface area contributed by atoms with Crippen LogP contribution in [0.15, 0.2) is 72.3 Å². The molecule has 6 aliphatic carbocycles. The highest BCUT2D eigenvalue weighted by Gasteiger charge is 2.74. The fourth-order valence-corrected chi connectivity index (χ4v) is 11.6. The first kappa shape index (κ1) is 34.1. The Morgan fingerprint density at radius 2 is 1.71 bits per heavy atom. The number of Topliss-reactive ketones (excluding diaryl/α,β-unsaturated/α-hetero) is 1. The summed E-state index contributed by atoms with van der Waals surface area (Å²) in [6.45, 7) is 5.22. The van der Waals surface area contributed by atoms with Crippen LogP contribution in [0.2, 0.25) is 5.02 Å². The van der Waals surface area contributed by atoms with E-state index in [0.717, 1.165) is 24.8 Å². The molecule has 6 nitrogen and oxygen atoms in total. The number of fused-ring (bicyclic) bond motifs is 1. The largest absolute Gasteiger partial charge is 0.394 e. The van der Waals surface area contributed by atoms with Crippen molar-refractivity contribution in [1.29, 1.82) is 0 Å². The Balaban J connectivity index is 1.29. The van der Waals surface area contributed by atoms with Crippen LogP contribution in [0.4, 0.5) is 4.39 Å². The Morgan fingerprint density at radius 1 is 1.00 bits per heavy atom. The lowest BCUT2D eigenvalue weighted by Crippen LogP contribution is -2.67. The van der Waals surface area contributed by atoms with Crippen molar-refractivity contribution in [1.82, 2.24) is 4.90 Å². The van der Waals surface area contributed by atoms with Gasteiger partial charge in [0.25, 0.3) is 0 Å². The number of halogens is 2. The molecular weight excluding hydrogens is 629 g/mol. The molecule has 0 aliphatic heterocycles. The number of rotatable bonds is 10. The molecule has 3 fully saturated rings. The first-order valence-corrected chi connectivity index (χ1v) is 18.0. The van der Waals surface area contributed by atoms with Crippen LogP contribution >= 0.6 is 11.6 Å². The summed E-state index contributed by atoms with van der Waals surface area (Å²) in [6, 6.07) is 14.5. The Bertz CT molecular complexity index is 1610. The van der Waals surface area contributed by atoms with E-state index in [0.29, 0.717) is 44.3 Å². The van der Waals surface area contributed by atoms with Crippen LogP contribution in [0.3, 0.4) is 0 Å². The van der Waals surface area contributed by atoms with Crippen LogP contribution in [0.5, 0.6) is 0 Å². The molecule has 0 aromatic heterocycles. The van der Waals surface area contributed by atoms with Gasteiger partial charge in [-0.05, 0) is 79.9 Å². The molecule has 0 amide bonds. The van der Waals surface area contributed by atoms with Crippen LogP contribution in [0, 0.1) is 39.3 Å². The molecule has 8 heteroatoms. The molecule has 4 N–H and O–H groups in total. The van der Waals surface area contributed by atoms with E-state index in [2.05, 4.69) is 37.0 Å². The average molecular weight is 678 g/mol. The monoisotopic (exact) mass is 677 g/mol. The Morgan fingerprint density at radius 3 is 2.44 bits per heavy atom. The summed E-state index contributed by atoms with van der Waals surface area (Å²) in [5, 5.41) is 44.3. The maximum Gasteiger partial charge on any atom is 0.164 e. The quantitative estimate of drug-likeness (QED) is 0.229. The summed E-state index contributed by atoms with van der Waals surface area (Å²) >= 11 is 6.45. The second kappa shape index (κ2) is 12.1. The molecule has 0 radical (unpaired) electrons. The number of aliphatic hydroxyl groups excluding tert-OH is 3. The highest BCUT2D eigenvalue weighted by atomic mass is 35.5. The van der Waals surface area contributed by atoms with E-state index < -0.39 is 39.9 Å². The molecule has 0 saturated heterocycles. The number of benzene rings is 2. The fraction of sp³-hybridized carbons (Fsp3) is 0.575. The lowest BCUT2D eigenvalue weighted by Gasteiger charge is -2.71. The molecule has 258 valence electrons. The second-order valence-electron chi connectivity index (χ2n) is 16.1. The minimum Gasteiger partial charge on any atom is -0.394 e. The molecular formula is C40H49ClFNO5. The Kier molecular flexibility index (Phi) is 8.62. The van der Waals surface area contributed by atoms with E-state index in [1.165, 1.54) is 6.07 Å². The van der Waals surface area contributed by atoms with Gasteiger partial charge in [-0.1, -0.05) is 80.1 Å². The summed E-state index contributed by atoms with van der Waals surface area (Å²) in [5.41, 5.74) is -1.03. The average Bonchev–Trinajstić information content (AvgIpc) is 3.32. The van der Waals surface area contributed by atoms with E-state index in [9.17, 15) is 25.2 Å². The number of ketones is 1. The van der Waals surface area contributed by atoms with Crippen molar-refractivity contribution in [3.8, 4) is 0 Å². The van der Waals surface area contributed by atoms with Gasteiger partial charge in [0.05, 0.1) is 24.4 Å². The van der Waals surface area contributed by atoms with Gasteiger partial charge in [0.2, 0.25) is 0 Å². The molecule has 48 heavy (non-hydrogen) atoms. The zero-order valence-electron chi connectivity index (χ0n) is 28.0. The van der Waals surface area contributed by atoms with Crippen molar-refractivity contribution < 1.29 is 29.6 Å². The molecule has 2 bridgehead atoms. The van der Waals surface area contributed by atoms with Gasteiger partial charge in [-0.3, -0.25) is 9.69 Å². The Hall–Kier alpha value is -2.39. The maximum absolute atomic E-state index is 15.1. The number of hydrogen-bond donors (Lipinski definition) is 4. The molecule has 6 aliphatic rings. The van der Waals surface area contributed by atoms with Crippen LogP contribution < -0.4 is 0 Å². The molecule has 2 aromatic carbocycles. The number of allylic oxidation sites excluding steroid dienone is 4. The molecule has 3 saturated carbocycles. The number of nitrogens with zero attached hydrogens (tertiary/aromatic N) is 1. The predicted octanol–water partition coefficient (Wildman–Crippen LogP) is 6.04. The van der Waals surface area contributed by atoms with Crippen molar-refractivity contribution in [2.24, 2.45) is 33.5 Å². The van der Waals surface area contributed by atoms with Crippen LogP contribution in [-0.2, 0) is 17.8 Å². The molecule has 0 heterocycles. The summed E-state index contributed by atoms with van der Waals surface area (Å²) in [5.74, 6) is -0.570. The SMILES string of the molecule is C[C@]12CC[C@H]3[C@]4(C=C[C@@]5(C=C4C(=O)Cc4c(F)cccc4Cl)CC(O)CC[C@]35C)[C@@H]1CC[C@@]2(O)CN(Cc1ccccc1)C[C@H](O)CO. The molecule has 8 rings (SSSR count). The third-order valence-electron chi connectivity index (χ3n) is 13.8. The first-order valence-electron chi connectivity index (χ1n) is 17.7. The zero-order valence-corrected chi connectivity index (χ0v) is 28.8. The predicted molar refractivity (Wildman–Crippen MR) is 183 cm³/mol. The van der Waals surface area contributed by atoms with Crippen LogP contribution in [0.1, 0.15) is 69.9 Å². The zero-order chi connectivity index (χ0) is 34.1. The van der Waals surface area contributed by atoms with Gasteiger partial charge >= 0.3 is 0 Å². The van der Waals surface area contributed by atoms with Crippen molar-refractivity contribution in [2.75, 3.05) is 19.7 Å². The minimum atomic E-state index is -1.12. The first-order chi connectivity index (χ1) is 22.8. The van der Waals surface area contributed by atoms with E-state index in [-0.39, 0.29) is 53.2 Å². The number of carbonyl (C=O) groups excluding carboxylic acids is 1. The molecule has 9 atom stereocenters. The van der Waals surface area contributed by atoms with Gasteiger partial charge < -0.3 is 20.4 Å². The summed E-state index contributed by atoms with van der Waals surface area (Å²) in [7, 11) is 0. The van der Waals surface area contributed by atoms with Crippen molar-refractivity contribution in [2.45, 2.75) is 89.6 Å². The van der Waals surface area contributed by atoms with Gasteiger partial charge in [0.1, 0.15) is 5.82 Å². The van der Waals surface area contributed by atoms with E-state index in [1.54, 1.807) is 12.1 Å². The second-order valence-corrected chi connectivity index (χ2v) is 16.5. The van der Waals surface area contributed by atoms with Gasteiger partial charge in [-0.2, -0.15) is 0 Å². The minimum absolute atomic E-state index is 0.0559. The number of aliphatic hydroxyl groups is 4. The van der Waals surface area contributed by atoms with Gasteiger partial charge in [0, 0.05) is 58.5 Å². The normalized spacial score (nSPS) is 38.7. The van der Waals surface area contributed by atoms with Crippen molar-refractivity contribution in [3.05, 3.63) is 94.3 Å². The van der Waals surface area contributed by atoms with Crippen LogP contribution in [0.25, 0.3) is 0 Å². The lowest BCUT2D eigenvalue weighted by atomic mass is 9.32. The van der Waals surface area contributed by atoms with E-state index >= 15 is 4.39 Å². The van der Waals surface area contributed by atoms with Crippen molar-refractivity contribution in [3.63, 3.8) is 0 Å². The third kappa shape index (κ3) is 5.02. The lowest BCUT2D eigenvalue weighted by molar-refractivity contribution is -0.180. The Labute approximate surface area is 288 Å². The smallest absolute Gasteiger partial charge is 0.164 e. The summed E-state index contributed by atoms with van der Waals surface area (Å²) in [4.78, 5) is 16.7. The summed E-state index contributed by atoms with van der Waals surface area (Å²) in [6.07, 6.45) is 10.1. The van der Waals surface area contributed by atoms with E-state index in [4.69, 9.17) is 11.6 Å². The van der Waals surface area contributed by atoms with Crippen LogP contribution in [-0.4, -0.2) is 68.6 Å². The summed E-state index contributed by atoms with van der Waals surface area (Å²) < 4.78 is 15.1. The van der Waals surface area contributed by atoms with Crippen molar-refractivity contribution >= 4 is 17.4 Å². The highest BCUT2D eigenvalue weighted by Crippen LogP contribution is 2.78. The van der Waals surface area contributed by atoms with Gasteiger partial charge in [-0.25, -0.2) is 4.39 Å². The number of hydrogen-bond acceptors (Lipinski definition) is 6. The standard InChI is InChI=1S/C40H49ClFNO5/c1-36-14-11-27(45)20-38(36)17-18-40(30(21-38)33(47)19-29-31(41)9-6-10-32(29)42)34(36)12-15-37(2)35(40)13-16-39(37,48)25-43(23-28(46)24-44)22-26-7-4-3-5-8-26/h3-10,17-18,21,27-28,34-35,44-46,48H,11-16,19-20,22-25H2,1-2H3/t27?,28-,34+,35+,36+,37-,38-,39+,40+/m0/s1. The van der Waals surface area contributed by atoms with Gasteiger partial charge in [0.15, 0.2) is 5.78 Å². The third-order valence-corrected chi connectivity index (χ3v) is 14.2. The molecule has 1 unspecified atom stereocenters. The molecule has 2 spiro atoms. The fourth-order valence-electron chi connectivity index (χ4n) is 11.4. The van der Waals surface area contributed by atoms with Gasteiger partial charge in [-0.15, -0.1) is 0 Å². The van der Waals surface area contributed by atoms with E-state index in [1.807, 2.05) is 30.3 Å². The highest BCUT2D eigenvalue weighted by molar-refractivity contribution is 6.31. The molecule has 2 aromatic rings.